The lowest BCUT2D eigenvalue weighted by Crippen LogP contribution is -2.22. The van der Waals surface area contributed by atoms with Gasteiger partial charge in [0.1, 0.15) is 18.2 Å². The number of rotatable bonds is 2. The van der Waals surface area contributed by atoms with Crippen LogP contribution in [0.3, 0.4) is 0 Å². The largest absolute Gasteiger partial charge is 0.489 e. The molecule has 2 N–H and O–H groups in total. The molecule has 0 bridgehead atoms. The summed E-state index contributed by atoms with van der Waals surface area (Å²) in [6.07, 6.45) is 0. The molecule has 0 unspecified atom stereocenters. The Labute approximate surface area is 119 Å². The Bertz CT molecular complexity index is 704. The van der Waals surface area contributed by atoms with Gasteiger partial charge in [0.25, 0.3) is 5.91 Å². The first-order chi connectivity index (χ1) is 10.1. The van der Waals surface area contributed by atoms with E-state index in [1.165, 1.54) is 6.07 Å². The molecular formula is C15H12F2N2O2. The van der Waals surface area contributed by atoms with Crippen LogP contribution in [0.1, 0.15) is 10.4 Å². The highest BCUT2D eigenvalue weighted by Gasteiger charge is 2.19. The van der Waals surface area contributed by atoms with Gasteiger partial charge in [-0.15, -0.1) is 0 Å². The molecule has 0 saturated carbocycles. The third-order valence-electron chi connectivity index (χ3n) is 3.10. The van der Waals surface area contributed by atoms with Crippen molar-refractivity contribution in [3.63, 3.8) is 0 Å². The number of hydrogen-bond acceptors (Lipinski definition) is 3. The fraction of sp³-hybridized carbons (Fsp3) is 0.133. The molecule has 0 atom stereocenters. The van der Waals surface area contributed by atoms with Crippen LogP contribution in [0.15, 0.2) is 36.4 Å². The van der Waals surface area contributed by atoms with Gasteiger partial charge in [0, 0.05) is 12.6 Å². The van der Waals surface area contributed by atoms with Crippen LogP contribution in [-0.4, -0.2) is 19.1 Å². The second kappa shape index (κ2) is 5.40. The number of para-hydroxylation sites is 1. The molecule has 2 aromatic rings. The van der Waals surface area contributed by atoms with Gasteiger partial charge in [0.05, 0.1) is 16.9 Å². The number of carbonyl (C=O) groups excluding carboxylic acids is 1. The monoisotopic (exact) mass is 290 g/mol. The second-order valence-electron chi connectivity index (χ2n) is 4.54. The minimum atomic E-state index is -0.827. The summed E-state index contributed by atoms with van der Waals surface area (Å²) < 4.78 is 31.9. The van der Waals surface area contributed by atoms with Crippen LogP contribution < -0.4 is 15.4 Å². The van der Waals surface area contributed by atoms with Crippen molar-refractivity contribution in [1.29, 1.82) is 0 Å². The van der Waals surface area contributed by atoms with Crippen LogP contribution in [0.2, 0.25) is 0 Å². The standard InChI is InChI=1S/C15H12F2N2O2/c16-9-4-5-12(11(17)8-9)19-15(20)10-2-1-3-13-14(10)21-7-6-18-13/h1-5,8,18H,6-7H2,(H,19,20). The van der Waals surface area contributed by atoms with E-state index < -0.39 is 17.5 Å². The zero-order chi connectivity index (χ0) is 14.8. The molecule has 4 nitrogen and oxygen atoms in total. The van der Waals surface area contributed by atoms with E-state index in [0.29, 0.717) is 36.2 Å². The molecule has 0 fully saturated rings. The molecule has 0 saturated heterocycles. The summed E-state index contributed by atoms with van der Waals surface area (Å²) in [6, 6.07) is 8.06. The topological polar surface area (TPSA) is 50.4 Å². The molecule has 21 heavy (non-hydrogen) atoms. The molecule has 1 aliphatic heterocycles. The molecule has 6 heteroatoms. The smallest absolute Gasteiger partial charge is 0.259 e. The van der Waals surface area contributed by atoms with Crippen LogP contribution in [-0.2, 0) is 0 Å². The molecule has 108 valence electrons. The van der Waals surface area contributed by atoms with Crippen molar-refractivity contribution in [3.05, 3.63) is 53.6 Å². The highest BCUT2D eigenvalue weighted by Crippen LogP contribution is 2.31. The van der Waals surface area contributed by atoms with Gasteiger partial charge in [0.2, 0.25) is 0 Å². The summed E-state index contributed by atoms with van der Waals surface area (Å²) in [5.41, 5.74) is 0.930. The van der Waals surface area contributed by atoms with Gasteiger partial charge in [0.15, 0.2) is 5.75 Å². The molecule has 0 spiro atoms. The Balaban J connectivity index is 1.89. The minimum absolute atomic E-state index is 0.0808. The van der Waals surface area contributed by atoms with Crippen LogP contribution in [0.25, 0.3) is 0 Å². The summed E-state index contributed by atoms with van der Waals surface area (Å²) in [5, 5.41) is 5.53. The number of carbonyl (C=O) groups is 1. The van der Waals surface area contributed by atoms with Crippen molar-refractivity contribution in [3.8, 4) is 5.75 Å². The molecule has 1 heterocycles. The van der Waals surface area contributed by atoms with Crippen molar-refractivity contribution in [2.75, 3.05) is 23.8 Å². The molecule has 0 aromatic heterocycles. The Morgan fingerprint density at radius 2 is 2.10 bits per heavy atom. The molecule has 2 aromatic carbocycles. The lowest BCUT2D eigenvalue weighted by molar-refractivity contribution is 0.102. The lowest BCUT2D eigenvalue weighted by atomic mass is 10.1. The summed E-state index contributed by atoms with van der Waals surface area (Å²) in [5.74, 6) is -1.60. The highest BCUT2D eigenvalue weighted by atomic mass is 19.1. The van der Waals surface area contributed by atoms with Crippen molar-refractivity contribution < 1.29 is 18.3 Å². The van der Waals surface area contributed by atoms with Gasteiger partial charge in [-0.25, -0.2) is 8.78 Å². The van der Waals surface area contributed by atoms with Crippen LogP contribution in [0.5, 0.6) is 5.75 Å². The van der Waals surface area contributed by atoms with Crippen LogP contribution in [0, 0.1) is 11.6 Å². The van der Waals surface area contributed by atoms with Gasteiger partial charge in [-0.1, -0.05) is 6.07 Å². The van der Waals surface area contributed by atoms with Crippen molar-refractivity contribution in [2.45, 2.75) is 0 Å². The number of nitrogens with one attached hydrogen (secondary N) is 2. The number of benzene rings is 2. The maximum Gasteiger partial charge on any atom is 0.259 e. The number of anilines is 2. The second-order valence-corrected chi connectivity index (χ2v) is 4.54. The van der Waals surface area contributed by atoms with Crippen molar-refractivity contribution in [2.24, 2.45) is 0 Å². The van der Waals surface area contributed by atoms with E-state index in [1.54, 1.807) is 18.2 Å². The first-order valence-electron chi connectivity index (χ1n) is 6.41. The van der Waals surface area contributed by atoms with E-state index in [9.17, 15) is 13.6 Å². The molecular weight excluding hydrogens is 278 g/mol. The first-order valence-corrected chi connectivity index (χ1v) is 6.41. The fourth-order valence-corrected chi connectivity index (χ4v) is 2.13. The summed E-state index contributed by atoms with van der Waals surface area (Å²) in [4.78, 5) is 12.2. The van der Waals surface area contributed by atoms with E-state index in [2.05, 4.69) is 10.6 Å². The van der Waals surface area contributed by atoms with Gasteiger partial charge < -0.3 is 15.4 Å². The number of halogens is 2. The van der Waals surface area contributed by atoms with E-state index in [-0.39, 0.29) is 5.69 Å². The van der Waals surface area contributed by atoms with Crippen molar-refractivity contribution in [1.82, 2.24) is 0 Å². The zero-order valence-corrected chi connectivity index (χ0v) is 11.0. The van der Waals surface area contributed by atoms with Gasteiger partial charge in [-0.3, -0.25) is 4.79 Å². The average Bonchev–Trinajstić information content (AvgIpc) is 2.49. The highest BCUT2D eigenvalue weighted by molar-refractivity contribution is 6.07. The average molecular weight is 290 g/mol. The van der Waals surface area contributed by atoms with Crippen LogP contribution >= 0.6 is 0 Å². The molecule has 0 aliphatic carbocycles. The zero-order valence-electron chi connectivity index (χ0n) is 11.0. The predicted molar refractivity (Wildman–Crippen MR) is 74.7 cm³/mol. The Morgan fingerprint density at radius 1 is 1.24 bits per heavy atom. The van der Waals surface area contributed by atoms with Crippen molar-refractivity contribution >= 4 is 17.3 Å². The SMILES string of the molecule is O=C(Nc1ccc(F)cc1F)c1cccc2c1OCCN2. The fourth-order valence-electron chi connectivity index (χ4n) is 2.13. The third-order valence-corrected chi connectivity index (χ3v) is 3.10. The normalized spacial score (nSPS) is 12.9. The van der Waals surface area contributed by atoms with E-state index in [1.807, 2.05) is 0 Å². The minimum Gasteiger partial charge on any atom is -0.489 e. The Hall–Kier alpha value is -2.63. The van der Waals surface area contributed by atoms with Gasteiger partial charge in [-0.2, -0.15) is 0 Å². The van der Waals surface area contributed by atoms with E-state index >= 15 is 0 Å². The van der Waals surface area contributed by atoms with E-state index in [4.69, 9.17) is 4.74 Å². The van der Waals surface area contributed by atoms with E-state index in [0.717, 1.165) is 6.07 Å². The Morgan fingerprint density at radius 3 is 2.90 bits per heavy atom. The Kier molecular flexibility index (Phi) is 3.43. The molecule has 3 rings (SSSR count). The lowest BCUT2D eigenvalue weighted by Gasteiger charge is -2.21. The quantitative estimate of drug-likeness (QED) is 0.894. The number of fused-ring (bicyclic) bond motifs is 1. The van der Waals surface area contributed by atoms with Gasteiger partial charge >= 0.3 is 0 Å². The van der Waals surface area contributed by atoms with Gasteiger partial charge in [-0.05, 0) is 24.3 Å². The van der Waals surface area contributed by atoms with Crippen LogP contribution in [0.4, 0.5) is 20.2 Å². The molecule has 0 radical (unpaired) electrons. The molecule has 1 amide bonds. The maximum atomic E-state index is 13.6. The summed E-state index contributed by atoms with van der Waals surface area (Å²) >= 11 is 0. The molecule has 1 aliphatic rings. The third kappa shape index (κ3) is 2.65. The predicted octanol–water partition coefficient (Wildman–Crippen LogP) is 3.02. The number of amides is 1. The number of hydrogen-bond donors (Lipinski definition) is 2. The first kappa shape index (κ1) is 13.4. The summed E-state index contributed by atoms with van der Waals surface area (Å²) in [6.45, 7) is 1.10. The summed E-state index contributed by atoms with van der Waals surface area (Å²) in [7, 11) is 0. The number of ether oxygens (including phenoxy) is 1. The maximum absolute atomic E-state index is 13.6.